The number of halogens is 2. The van der Waals surface area contributed by atoms with E-state index in [4.69, 9.17) is 4.74 Å². The van der Waals surface area contributed by atoms with E-state index in [0.717, 1.165) is 5.56 Å². The van der Waals surface area contributed by atoms with Crippen LogP contribution in [0.1, 0.15) is 10.4 Å². The summed E-state index contributed by atoms with van der Waals surface area (Å²) in [6.07, 6.45) is 0. The van der Waals surface area contributed by atoms with Crippen LogP contribution in [-0.2, 0) is 4.79 Å². The Morgan fingerprint density at radius 1 is 1.21 bits per heavy atom. The van der Waals surface area contributed by atoms with E-state index in [1.807, 2.05) is 30.3 Å². The average molecular weight is 458 g/mol. The van der Waals surface area contributed by atoms with Crippen molar-refractivity contribution in [2.75, 3.05) is 12.4 Å². The standard InChI is InChI=1S/C16H14Br2N2O4/c1-24-13-9-11(20(22)23)7-8-12(13)19-16(21)15(18)14(17)10-5-3-2-4-6-10/h2-9,14-15H,1H3,(H,19,21). The number of amides is 1. The minimum atomic E-state index is -0.542. The van der Waals surface area contributed by atoms with Gasteiger partial charge in [-0.3, -0.25) is 14.9 Å². The molecule has 0 bridgehead atoms. The predicted octanol–water partition coefficient (Wildman–Crippen LogP) is 4.44. The number of carbonyl (C=O) groups is 1. The van der Waals surface area contributed by atoms with Gasteiger partial charge in [-0.1, -0.05) is 62.2 Å². The van der Waals surface area contributed by atoms with E-state index in [1.165, 1.54) is 25.3 Å². The van der Waals surface area contributed by atoms with Crippen LogP contribution in [0.15, 0.2) is 48.5 Å². The highest BCUT2D eigenvalue weighted by atomic mass is 79.9. The minimum Gasteiger partial charge on any atom is -0.494 e. The summed E-state index contributed by atoms with van der Waals surface area (Å²) in [5.74, 6) is -0.0732. The number of nitro benzene ring substituents is 1. The molecule has 0 saturated carbocycles. The van der Waals surface area contributed by atoms with Crippen molar-refractivity contribution >= 4 is 49.1 Å². The van der Waals surface area contributed by atoms with E-state index < -0.39 is 9.75 Å². The van der Waals surface area contributed by atoms with E-state index in [1.54, 1.807) is 0 Å². The SMILES string of the molecule is COc1cc([N+](=O)[O-])ccc1NC(=O)C(Br)C(Br)c1ccccc1. The summed E-state index contributed by atoms with van der Waals surface area (Å²) in [7, 11) is 1.39. The summed E-state index contributed by atoms with van der Waals surface area (Å²) in [5.41, 5.74) is 1.21. The lowest BCUT2D eigenvalue weighted by atomic mass is 10.1. The van der Waals surface area contributed by atoms with Crippen molar-refractivity contribution in [2.45, 2.75) is 9.65 Å². The first-order valence-electron chi connectivity index (χ1n) is 6.90. The van der Waals surface area contributed by atoms with Crippen LogP contribution in [0.25, 0.3) is 0 Å². The summed E-state index contributed by atoms with van der Waals surface area (Å²) in [6, 6.07) is 13.5. The molecular weight excluding hydrogens is 444 g/mol. The van der Waals surface area contributed by atoms with Crippen molar-refractivity contribution in [3.8, 4) is 5.75 Å². The Kier molecular flexibility index (Phi) is 6.33. The second-order valence-corrected chi connectivity index (χ2v) is 6.82. The molecule has 0 fully saturated rings. The maximum Gasteiger partial charge on any atom is 0.273 e. The molecule has 2 rings (SSSR count). The van der Waals surface area contributed by atoms with Crippen LogP contribution in [0.3, 0.4) is 0 Å². The first-order chi connectivity index (χ1) is 11.4. The van der Waals surface area contributed by atoms with Gasteiger partial charge >= 0.3 is 0 Å². The van der Waals surface area contributed by atoms with Gasteiger partial charge in [-0.05, 0) is 11.6 Å². The lowest BCUT2D eigenvalue weighted by molar-refractivity contribution is -0.384. The quantitative estimate of drug-likeness (QED) is 0.395. The maximum absolute atomic E-state index is 12.4. The van der Waals surface area contributed by atoms with Crippen LogP contribution < -0.4 is 10.1 Å². The number of nitrogens with zero attached hydrogens (tertiary/aromatic N) is 1. The number of carbonyl (C=O) groups excluding carboxylic acids is 1. The number of ether oxygens (including phenoxy) is 1. The third-order valence-electron chi connectivity index (χ3n) is 3.28. The molecule has 0 aliphatic carbocycles. The van der Waals surface area contributed by atoms with E-state index in [2.05, 4.69) is 37.2 Å². The number of hydrogen-bond acceptors (Lipinski definition) is 4. The Balaban J connectivity index is 2.15. The average Bonchev–Trinajstić information content (AvgIpc) is 2.61. The van der Waals surface area contributed by atoms with Gasteiger partial charge in [-0.25, -0.2) is 0 Å². The lowest BCUT2D eigenvalue weighted by Crippen LogP contribution is -2.26. The Labute approximate surface area is 155 Å². The van der Waals surface area contributed by atoms with Gasteiger partial charge in [0.25, 0.3) is 5.69 Å². The third kappa shape index (κ3) is 4.33. The summed E-state index contributed by atoms with van der Waals surface area (Å²) in [4.78, 5) is 21.9. The van der Waals surface area contributed by atoms with Gasteiger partial charge in [0, 0.05) is 6.07 Å². The van der Waals surface area contributed by atoms with E-state index in [0.29, 0.717) is 5.69 Å². The van der Waals surface area contributed by atoms with E-state index in [9.17, 15) is 14.9 Å². The van der Waals surface area contributed by atoms with Crippen molar-refractivity contribution in [1.29, 1.82) is 0 Å². The molecule has 0 radical (unpaired) electrons. The molecule has 0 spiro atoms. The fraction of sp³-hybridized carbons (Fsp3) is 0.188. The van der Waals surface area contributed by atoms with Crippen LogP contribution in [0, 0.1) is 10.1 Å². The molecule has 1 N–H and O–H groups in total. The zero-order valence-electron chi connectivity index (χ0n) is 12.6. The first-order valence-corrected chi connectivity index (χ1v) is 8.73. The number of hydrogen-bond donors (Lipinski definition) is 1. The summed E-state index contributed by atoms with van der Waals surface area (Å²) < 4.78 is 5.12. The van der Waals surface area contributed by atoms with Gasteiger partial charge in [0.2, 0.25) is 5.91 Å². The maximum atomic E-state index is 12.4. The molecule has 6 nitrogen and oxygen atoms in total. The Morgan fingerprint density at radius 3 is 2.46 bits per heavy atom. The minimum absolute atomic E-state index is 0.108. The highest BCUT2D eigenvalue weighted by Crippen LogP contribution is 2.34. The van der Waals surface area contributed by atoms with Crippen molar-refractivity contribution in [3.05, 3.63) is 64.2 Å². The Hall–Kier alpha value is -1.93. The van der Waals surface area contributed by atoms with Crippen LogP contribution in [0.4, 0.5) is 11.4 Å². The second-order valence-electron chi connectivity index (χ2n) is 4.85. The molecule has 126 valence electrons. The molecule has 2 aromatic rings. The molecule has 0 aromatic heterocycles. The van der Waals surface area contributed by atoms with Crippen molar-refractivity contribution < 1.29 is 14.5 Å². The molecule has 1 amide bonds. The van der Waals surface area contributed by atoms with Crippen LogP contribution >= 0.6 is 31.9 Å². The monoisotopic (exact) mass is 456 g/mol. The highest BCUT2D eigenvalue weighted by molar-refractivity contribution is 9.12. The second kappa shape index (κ2) is 8.25. The summed E-state index contributed by atoms with van der Waals surface area (Å²) in [5, 5.41) is 13.5. The summed E-state index contributed by atoms with van der Waals surface area (Å²) >= 11 is 6.88. The molecule has 2 atom stereocenters. The predicted molar refractivity (Wildman–Crippen MR) is 99.1 cm³/mol. The molecule has 8 heteroatoms. The number of nitrogens with one attached hydrogen (secondary N) is 1. The number of anilines is 1. The molecule has 24 heavy (non-hydrogen) atoms. The van der Waals surface area contributed by atoms with E-state index in [-0.39, 0.29) is 22.2 Å². The number of methoxy groups -OCH3 is 1. The van der Waals surface area contributed by atoms with Crippen molar-refractivity contribution in [1.82, 2.24) is 0 Å². The largest absolute Gasteiger partial charge is 0.494 e. The smallest absolute Gasteiger partial charge is 0.273 e. The van der Waals surface area contributed by atoms with Crippen LogP contribution in [0.5, 0.6) is 5.75 Å². The van der Waals surface area contributed by atoms with E-state index >= 15 is 0 Å². The number of non-ortho nitro benzene ring substituents is 1. The van der Waals surface area contributed by atoms with Gasteiger partial charge in [0.15, 0.2) is 0 Å². The first kappa shape index (κ1) is 18.4. The number of rotatable bonds is 6. The van der Waals surface area contributed by atoms with Gasteiger partial charge in [-0.2, -0.15) is 0 Å². The fourth-order valence-electron chi connectivity index (χ4n) is 2.04. The molecule has 2 aromatic carbocycles. The normalized spacial score (nSPS) is 13.0. The molecule has 0 aliphatic heterocycles. The van der Waals surface area contributed by atoms with Gasteiger partial charge in [0.1, 0.15) is 10.6 Å². The topological polar surface area (TPSA) is 81.5 Å². The Bertz CT molecular complexity index is 740. The third-order valence-corrected chi connectivity index (χ3v) is 5.99. The lowest BCUT2D eigenvalue weighted by Gasteiger charge is -2.18. The van der Waals surface area contributed by atoms with Crippen LogP contribution in [0.2, 0.25) is 0 Å². The zero-order valence-corrected chi connectivity index (χ0v) is 15.8. The van der Waals surface area contributed by atoms with Crippen LogP contribution in [-0.4, -0.2) is 22.8 Å². The van der Waals surface area contributed by atoms with Gasteiger partial charge in [-0.15, -0.1) is 0 Å². The fourth-order valence-corrected chi connectivity index (χ4v) is 3.00. The number of alkyl halides is 2. The summed E-state index contributed by atoms with van der Waals surface area (Å²) in [6.45, 7) is 0. The molecule has 0 saturated heterocycles. The van der Waals surface area contributed by atoms with Crippen molar-refractivity contribution in [2.24, 2.45) is 0 Å². The number of benzene rings is 2. The zero-order chi connectivity index (χ0) is 17.7. The number of nitro groups is 1. The highest BCUT2D eigenvalue weighted by Gasteiger charge is 2.26. The molecule has 0 aliphatic rings. The molecule has 0 heterocycles. The van der Waals surface area contributed by atoms with Gasteiger partial charge < -0.3 is 10.1 Å². The van der Waals surface area contributed by atoms with Crippen molar-refractivity contribution in [3.63, 3.8) is 0 Å². The molecule has 2 unspecified atom stereocenters. The van der Waals surface area contributed by atoms with Gasteiger partial charge in [0.05, 0.1) is 28.6 Å². The molecular formula is C16H14Br2N2O4. The Morgan fingerprint density at radius 2 is 1.88 bits per heavy atom.